The van der Waals surface area contributed by atoms with E-state index >= 15 is 0 Å². The van der Waals surface area contributed by atoms with Crippen LogP contribution in [-0.2, 0) is 6.42 Å². The molecule has 104 valence electrons. The maximum absolute atomic E-state index is 9.58. The van der Waals surface area contributed by atoms with Crippen LogP contribution in [0.25, 0.3) is 0 Å². The molecule has 1 aromatic rings. The largest absolute Gasteiger partial charge is 0.508 e. The zero-order chi connectivity index (χ0) is 13.5. The second-order valence-electron chi connectivity index (χ2n) is 6.64. The number of aryl methyl sites for hydroxylation is 1. The fourth-order valence-electron chi connectivity index (χ4n) is 3.69. The van der Waals surface area contributed by atoms with Crippen molar-refractivity contribution in [2.75, 3.05) is 13.1 Å². The molecule has 1 heterocycles. The molecular formula is C17H25NO. The van der Waals surface area contributed by atoms with E-state index in [1.54, 1.807) is 0 Å². The number of rotatable bonds is 2. The number of hydrogen-bond acceptors (Lipinski definition) is 2. The Morgan fingerprint density at radius 3 is 2.74 bits per heavy atom. The fourth-order valence-corrected chi connectivity index (χ4v) is 3.69. The number of likely N-dealkylation sites (tertiary alicyclic amines) is 1. The number of phenolic OH excluding ortho intramolecular Hbond substituents is 1. The van der Waals surface area contributed by atoms with E-state index in [-0.39, 0.29) is 0 Å². The molecule has 3 rings (SSSR count). The predicted molar refractivity (Wildman–Crippen MR) is 78.4 cm³/mol. The number of nitrogens with zero attached hydrogens (tertiary/aromatic N) is 1. The maximum Gasteiger partial charge on any atom is 0.115 e. The number of fused-ring (bicyclic) bond motifs is 1. The van der Waals surface area contributed by atoms with Gasteiger partial charge >= 0.3 is 0 Å². The van der Waals surface area contributed by atoms with Crippen LogP contribution in [0.5, 0.6) is 5.75 Å². The van der Waals surface area contributed by atoms with Gasteiger partial charge in [-0.25, -0.2) is 0 Å². The Balaban J connectivity index is 1.73. The van der Waals surface area contributed by atoms with Crippen LogP contribution in [0.1, 0.15) is 56.7 Å². The third kappa shape index (κ3) is 2.38. The highest BCUT2D eigenvalue weighted by Gasteiger charge is 2.34. The monoisotopic (exact) mass is 259 g/mol. The minimum atomic E-state index is 0.414. The van der Waals surface area contributed by atoms with Gasteiger partial charge in [-0.3, -0.25) is 4.90 Å². The van der Waals surface area contributed by atoms with E-state index in [4.69, 9.17) is 0 Å². The van der Waals surface area contributed by atoms with Crippen LogP contribution in [0.3, 0.4) is 0 Å². The van der Waals surface area contributed by atoms with Crippen LogP contribution in [0.15, 0.2) is 18.2 Å². The lowest BCUT2D eigenvalue weighted by Gasteiger charge is -2.41. The van der Waals surface area contributed by atoms with Gasteiger partial charge in [0.1, 0.15) is 5.75 Å². The molecule has 0 aromatic heterocycles. The van der Waals surface area contributed by atoms with Crippen molar-refractivity contribution in [3.05, 3.63) is 29.3 Å². The Morgan fingerprint density at radius 1 is 1.32 bits per heavy atom. The third-order valence-corrected chi connectivity index (χ3v) is 5.47. The highest BCUT2D eigenvalue weighted by Crippen LogP contribution is 2.42. The lowest BCUT2D eigenvalue weighted by atomic mass is 9.78. The summed E-state index contributed by atoms with van der Waals surface area (Å²) in [4.78, 5) is 2.67. The first-order valence-corrected chi connectivity index (χ1v) is 7.67. The number of hydrogen-bond donors (Lipinski definition) is 1. The van der Waals surface area contributed by atoms with E-state index in [0.29, 0.717) is 17.2 Å². The summed E-state index contributed by atoms with van der Waals surface area (Å²) in [7, 11) is 0. The molecule has 0 saturated carbocycles. The van der Waals surface area contributed by atoms with Crippen LogP contribution in [0, 0.1) is 5.41 Å². The van der Waals surface area contributed by atoms with E-state index in [9.17, 15) is 5.11 Å². The summed E-state index contributed by atoms with van der Waals surface area (Å²) in [5, 5.41) is 9.58. The lowest BCUT2D eigenvalue weighted by Crippen LogP contribution is -2.40. The van der Waals surface area contributed by atoms with Crippen LogP contribution < -0.4 is 0 Å². The average Bonchev–Trinajstić information content (AvgIpc) is 2.82. The zero-order valence-electron chi connectivity index (χ0n) is 12.2. The number of phenols is 1. The zero-order valence-corrected chi connectivity index (χ0v) is 12.2. The Kier molecular flexibility index (Phi) is 3.30. The molecule has 1 saturated heterocycles. The number of benzene rings is 1. The summed E-state index contributed by atoms with van der Waals surface area (Å²) < 4.78 is 0. The molecule has 0 radical (unpaired) electrons. The first-order chi connectivity index (χ1) is 9.11. The van der Waals surface area contributed by atoms with Crippen LogP contribution >= 0.6 is 0 Å². The summed E-state index contributed by atoms with van der Waals surface area (Å²) >= 11 is 0. The summed E-state index contributed by atoms with van der Waals surface area (Å²) in [5.41, 5.74) is 3.37. The molecule has 0 bridgehead atoms. The molecule has 1 fully saturated rings. The summed E-state index contributed by atoms with van der Waals surface area (Å²) in [6, 6.07) is 6.53. The minimum Gasteiger partial charge on any atom is -0.508 e. The summed E-state index contributed by atoms with van der Waals surface area (Å²) in [6.45, 7) is 7.22. The predicted octanol–water partition coefficient (Wildman–Crippen LogP) is 3.89. The topological polar surface area (TPSA) is 23.5 Å². The van der Waals surface area contributed by atoms with Gasteiger partial charge in [-0.1, -0.05) is 26.3 Å². The van der Waals surface area contributed by atoms with Crippen molar-refractivity contribution in [1.82, 2.24) is 4.90 Å². The van der Waals surface area contributed by atoms with Gasteiger partial charge in [0.15, 0.2) is 0 Å². The van der Waals surface area contributed by atoms with E-state index in [2.05, 4.69) is 24.8 Å². The molecule has 1 aromatic carbocycles. The molecule has 2 nitrogen and oxygen atoms in total. The quantitative estimate of drug-likeness (QED) is 0.871. The number of aromatic hydroxyl groups is 1. The van der Waals surface area contributed by atoms with Gasteiger partial charge in [-0.05, 0) is 67.4 Å². The van der Waals surface area contributed by atoms with Crippen molar-refractivity contribution in [2.45, 2.75) is 52.0 Å². The first-order valence-electron chi connectivity index (χ1n) is 7.67. The molecule has 1 atom stereocenters. The summed E-state index contributed by atoms with van der Waals surface area (Å²) in [5.74, 6) is 0.414. The molecule has 1 aliphatic carbocycles. The molecule has 1 unspecified atom stereocenters. The van der Waals surface area contributed by atoms with Crippen molar-refractivity contribution in [3.63, 3.8) is 0 Å². The fraction of sp³-hybridized carbons (Fsp3) is 0.647. The van der Waals surface area contributed by atoms with Crippen molar-refractivity contribution in [2.24, 2.45) is 5.41 Å². The average molecular weight is 259 g/mol. The second-order valence-corrected chi connectivity index (χ2v) is 6.64. The van der Waals surface area contributed by atoms with Gasteiger partial charge < -0.3 is 5.11 Å². The molecule has 19 heavy (non-hydrogen) atoms. The van der Waals surface area contributed by atoms with Gasteiger partial charge in [0.05, 0.1) is 0 Å². The number of piperidine rings is 1. The molecule has 1 aliphatic heterocycles. The minimum absolute atomic E-state index is 0.414. The highest BCUT2D eigenvalue weighted by molar-refractivity contribution is 5.40. The lowest BCUT2D eigenvalue weighted by molar-refractivity contribution is 0.0806. The van der Waals surface area contributed by atoms with E-state index in [1.807, 2.05) is 12.1 Å². The Bertz CT molecular complexity index is 460. The molecular weight excluding hydrogens is 234 g/mol. The van der Waals surface area contributed by atoms with E-state index < -0.39 is 0 Å². The van der Waals surface area contributed by atoms with Crippen molar-refractivity contribution in [1.29, 1.82) is 0 Å². The van der Waals surface area contributed by atoms with Crippen molar-refractivity contribution in [3.8, 4) is 5.75 Å². The van der Waals surface area contributed by atoms with E-state index in [1.165, 1.54) is 49.9 Å². The molecule has 2 aliphatic rings. The first kappa shape index (κ1) is 13.0. The smallest absolute Gasteiger partial charge is 0.115 e. The Hall–Kier alpha value is -1.02. The molecule has 1 N–H and O–H groups in total. The molecule has 2 heteroatoms. The van der Waals surface area contributed by atoms with Crippen molar-refractivity contribution >= 4 is 0 Å². The van der Waals surface area contributed by atoms with Gasteiger partial charge in [0.25, 0.3) is 0 Å². The highest BCUT2D eigenvalue weighted by atomic mass is 16.3. The van der Waals surface area contributed by atoms with Crippen LogP contribution in [0.2, 0.25) is 0 Å². The molecule has 0 amide bonds. The van der Waals surface area contributed by atoms with Crippen molar-refractivity contribution < 1.29 is 5.11 Å². The Morgan fingerprint density at radius 2 is 2.05 bits per heavy atom. The summed E-state index contributed by atoms with van der Waals surface area (Å²) in [6.07, 6.45) is 6.30. The maximum atomic E-state index is 9.58. The van der Waals surface area contributed by atoms with Crippen LogP contribution in [-0.4, -0.2) is 23.1 Å². The van der Waals surface area contributed by atoms with Gasteiger partial charge in [-0.2, -0.15) is 0 Å². The Labute approximate surface area is 116 Å². The third-order valence-electron chi connectivity index (χ3n) is 5.47. The molecule has 0 spiro atoms. The second kappa shape index (κ2) is 4.82. The van der Waals surface area contributed by atoms with Gasteiger partial charge in [0, 0.05) is 6.04 Å². The normalized spacial score (nSPS) is 26.3. The van der Waals surface area contributed by atoms with E-state index in [0.717, 1.165) is 6.42 Å². The standard InChI is InChI=1S/C17H25NO/c1-3-17(2)8-10-18(11-9-17)16-7-4-13-12-14(19)5-6-15(13)16/h5-6,12,16,19H,3-4,7-11H2,1-2H3. The van der Waals surface area contributed by atoms with Crippen LogP contribution in [0.4, 0.5) is 0 Å². The SMILES string of the molecule is CCC1(C)CCN(C2CCc3cc(O)ccc32)CC1. The van der Waals surface area contributed by atoms with Gasteiger partial charge in [-0.15, -0.1) is 0 Å². The van der Waals surface area contributed by atoms with Gasteiger partial charge in [0.2, 0.25) is 0 Å².